The molecule has 0 aromatic carbocycles. The molecule has 2 atom stereocenters. The van der Waals surface area contributed by atoms with Gasteiger partial charge in [0.15, 0.2) is 0 Å². The Morgan fingerprint density at radius 3 is 2.32 bits per heavy atom. The lowest BCUT2D eigenvalue weighted by atomic mass is 9.86. The van der Waals surface area contributed by atoms with E-state index in [2.05, 4.69) is 23.4 Å². The van der Waals surface area contributed by atoms with Gasteiger partial charge < -0.3 is 20.7 Å². The number of nitrogens with two attached hydrogens (primary N) is 1. The molecule has 0 radical (unpaired) electrons. The third-order valence-corrected chi connectivity index (χ3v) is 5.13. The number of ether oxygens (including phenoxy) is 1. The van der Waals surface area contributed by atoms with E-state index in [4.69, 9.17) is 22.1 Å². The molecule has 5 nitrogen and oxygen atoms in total. The van der Waals surface area contributed by atoms with Crippen LogP contribution in [0.4, 0.5) is 0 Å². The van der Waals surface area contributed by atoms with Crippen molar-refractivity contribution in [2.75, 3.05) is 13.1 Å². The number of carbonyl (C=O) groups is 1. The number of nitrogens with zero attached hydrogens (tertiary/aromatic N) is 1. The number of allylic oxidation sites excluding steroid dienone is 2. The van der Waals surface area contributed by atoms with E-state index in [0.29, 0.717) is 10.7 Å². The average Bonchev–Trinajstić information content (AvgIpc) is 2.53. The number of halogens is 1. The maximum atomic E-state index is 12.3. The minimum atomic E-state index is -0.00292. The zero-order chi connectivity index (χ0) is 18.6. The van der Waals surface area contributed by atoms with Crippen LogP contribution >= 0.6 is 11.6 Å². The smallest absolute Gasteiger partial charge is 0.227 e. The van der Waals surface area contributed by atoms with Crippen LogP contribution in [0.1, 0.15) is 39.5 Å². The van der Waals surface area contributed by atoms with Gasteiger partial charge in [0.2, 0.25) is 5.91 Å². The molecule has 1 saturated heterocycles. The third kappa shape index (κ3) is 5.87. The second kappa shape index (κ2) is 8.88. The van der Waals surface area contributed by atoms with Crippen molar-refractivity contribution in [3.8, 4) is 0 Å². The van der Waals surface area contributed by atoms with E-state index in [-0.39, 0.29) is 30.1 Å². The van der Waals surface area contributed by atoms with Crippen LogP contribution in [-0.4, -0.2) is 42.1 Å². The Bertz CT molecular complexity index is 543. The largest absolute Gasteiger partial charge is 0.372 e. The fourth-order valence-electron chi connectivity index (χ4n) is 3.46. The Balaban J connectivity index is 1.88. The summed E-state index contributed by atoms with van der Waals surface area (Å²) < 4.78 is 5.73. The van der Waals surface area contributed by atoms with Crippen molar-refractivity contribution < 1.29 is 9.53 Å². The van der Waals surface area contributed by atoms with Gasteiger partial charge in [-0.05, 0) is 45.6 Å². The Kier molecular flexibility index (Phi) is 7.11. The fourth-order valence-corrected chi connectivity index (χ4v) is 3.71. The summed E-state index contributed by atoms with van der Waals surface area (Å²) in [5, 5.41) is 3.33. The van der Waals surface area contributed by atoms with Crippen LogP contribution in [0.25, 0.3) is 0 Å². The molecule has 2 aliphatic rings. The molecule has 1 saturated carbocycles. The molecule has 1 aliphatic heterocycles. The highest BCUT2D eigenvalue weighted by Gasteiger charge is 2.26. The first-order valence-electron chi connectivity index (χ1n) is 8.98. The summed E-state index contributed by atoms with van der Waals surface area (Å²) in [5.41, 5.74) is 7.10. The summed E-state index contributed by atoms with van der Waals surface area (Å²) in [7, 11) is 0. The van der Waals surface area contributed by atoms with Crippen molar-refractivity contribution in [3.05, 3.63) is 35.7 Å². The Hall–Kier alpha value is -1.30. The first kappa shape index (κ1) is 20.0. The topological polar surface area (TPSA) is 67.6 Å². The molecule has 0 spiro atoms. The van der Waals surface area contributed by atoms with Gasteiger partial charge in [0.1, 0.15) is 0 Å². The number of carbonyl (C=O) groups excluding carboxylic acids is 1. The molecule has 0 bridgehead atoms. The van der Waals surface area contributed by atoms with Crippen molar-refractivity contribution in [3.63, 3.8) is 0 Å². The Morgan fingerprint density at radius 2 is 1.76 bits per heavy atom. The van der Waals surface area contributed by atoms with Gasteiger partial charge in [-0.25, -0.2) is 0 Å². The lowest BCUT2D eigenvalue weighted by molar-refractivity contribution is -0.125. The van der Waals surface area contributed by atoms with Gasteiger partial charge >= 0.3 is 0 Å². The molecule has 6 heteroatoms. The van der Waals surface area contributed by atoms with Crippen molar-refractivity contribution in [2.24, 2.45) is 11.7 Å². The first-order chi connectivity index (χ1) is 11.8. The number of morpholine rings is 1. The summed E-state index contributed by atoms with van der Waals surface area (Å²) >= 11 is 6.39. The Labute approximate surface area is 155 Å². The van der Waals surface area contributed by atoms with E-state index in [9.17, 15) is 4.79 Å². The highest BCUT2D eigenvalue weighted by Crippen LogP contribution is 2.25. The Morgan fingerprint density at radius 1 is 1.20 bits per heavy atom. The second-order valence-corrected chi connectivity index (χ2v) is 7.63. The summed E-state index contributed by atoms with van der Waals surface area (Å²) in [5.74, 6) is 0.00437. The normalized spacial score (nSPS) is 30.7. The predicted octanol–water partition coefficient (Wildman–Crippen LogP) is 2.88. The van der Waals surface area contributed by atoms with E-state index in [1.807, 2.05) is 13.8 Å². The molecule has 140 valence electrons. The highest BCUT2D eigenvalue weighted by atomic mass is 35.5. The maximum Gasteiger partial charge on any atom is 0.227 e. The molecule has 25 heavy (non-hydrogen) atoms. The standard InChI is InChI=1S/C19H30ClN3O2/c1-12(22-19(24)16-5-7-17(21)8-6-16)9-18(20)15(4)23-10-13(2)25-14(3)11-23/h9,13-14,16-17H,1,4-8,10-11,21H2,2-3H3,(H,22,24)/b18-9+. The third-order valence-electron chi connectivity index (χ3n) is 4.80. The lowest BCUT2D eigenvalue weighted by Gasteiger charge is -2.37. The quantitative estimate of drug-likeness (QED) is 0.733. The lowest BCUT2D eigenvalue weighted by Crippen LogP contribution is -2.44. The van der Waals surface area contributed by atoms with E-state index in [1.54, 1.807) is 6.08 Å². The van der Waals surface area contributed by atoms with Crippen molar-refractivity contribution >= 4 is 17.5 Å². The van der Waals surface area contributed by atoms with Crippen molar-refractivity contribution in [1.82, 2.24) is 10.2 Å². The van der Waals surface area contributed by atoms with Gasteiger partial charge in [0.05, 0.1) is 17.2 Å². The molecule has 3 N–H and O–H groups in total. The number of nitrogens with one attached hydrogen (secondary N) is 1. The van der Waals surface area contributed by atoms with Gasteiger partial charge in [-0.3, -0.25) is 4.79 Å². The molecule has 1 heterocycles. The molecule has 2 rings (SSSR count). The van der Waals surface area contributed by atoms with Gasteiger partial charge in [-0.15, -0.1) is 0 Å². The summed E-state index contributed by atoms with van der Waals surface area (Å²) in [6.07, 6.45) is 5.37. The molecule has 1 amide bonds. The summed E-state index contributed by atoms with van der Waals surface area (Å²) in [6, 6.07) is 0.225. The number of amides is 1. The molecule has 1 aliphatic carbocycles. The van der Waals surface area contributed by atoms with Gasteiger partial charge in [-0.2, -0.15) is 0 Å². The van der Waals surface area contributed by atoms with Crippen molar-refractivity contribution in [1.29, 1.82) is 0 Å². The zero-order valence-electron chi connectivity index (χ0n) is 15.3. The molecule has 2 unspecified atom stereocenters. The zero-order valence-corrected chi connectivity index (χ0v) is 16.0. The van der Waals surface area contributed by atoms with Crippen LogP contribution in [0.2, 0.25) is 0 Å². The van der Waals surface area contributed by atoms with Crippen LogP contribution in [0.15, 0.2) is 35.7 Å². The number of rotatable bonds is 5. The summed E-state index contributed by atoms with van der Waals surface area (Å²) in [4.78, 5) is 14.4. The highest BCUT2D eigenvalue weighted by molar-refractivity contribution is 6.32. The molecular weight excluding hydrogens is 338 g/mol. The van der Waals surface area contributed by atoms with E-state index in [0.717, 1.165) is 44.5 Å². The minimum absolute atomic E-state index is 0.00292. The van der Waals surface area contributed by atoms with Crippen LogP contribution in [0.3, 0.4) is 0 Å². The summed E-state index contributed by atoms with van der Waals surface area (Å²) in [6.45, 7) is 13.5. The van der Waals surface area contributed by atoms with E-state index >= 15 is 0 Å². The average molecular weight is 368 g/mol. The molecular formula is C19H30ClN3O2. The molecule has 0 aromatic rings. The van der Waals surface area contributed by atoms with Gasteiger partial charge in [0, 0.05) is 36.4 Å². The fraction of sp³-hybridized carbons (Fsp3) is 0.632. The number of hydrogen-bond donors (Lipinski definition) is 2. The van der Waals surface area contributed by atoms with Crippen LogP contribution in [-0.2, 0) is 9.53 Å². The molecule has 0 aromatic heterocycles. The SMILES string of the molecule is C=C(/C=C(/Cl)C(=C)N1CC(C)OC(C)C1)NC(=O)C1CCC(N)CC1. The number of hydrogen-bond acceptors (Lipinski definition) is 4. The van der Waals surface area contributed by atoms with Crippen molar-refractivity contribution in [2.45, 2.75) is 57.8 Å². The second-order valence-electron chi connectivity index (χ2n) is 7.23. The van der Waals surface area contributed by atoms with Crippen LogP contribution in [0.5, 0.6) is 0 Å². The minimum Gasteiger partial charge on any atom is -0.372 e. The van der Waals surface area contributed by atoms with Gasteiger partial charge in [0.25, 0.3) is 0 Å². The van der Waals surface area contributed by atoms with Crippen LogP contribution in [0, 0.1) is 5.92 Å². The molecule has 2 fully saturated rings. The first-order valence-corrected chi connectivity index (χ1v) is 9.36. The monoisotopic (exact) mass is 367 g/mol. The maximum absolute atomic E-state index is 12.3. The predicted molar refractivity (Wildman–Crippen MR) is 102 cm³/mol. The van der Waals surface area contributed by atoms with E-state index < -0.39 is 0 Å². The van der Waals surface area contributed by atoms with Gasteiger partial charge in [-0.1, -0.05) is 24.8 Å². The van der Waals surface area contributed by atoms with Crippen LogP contribution < -0.4 is 11.1 Å². The van der Waals surface area contributed by atoms with E-state index in [1.165, 1.54) is 0 Å².